The van der Waals surface area contributed by atoms with Crippen LogP contribution in [0.2, 0.25) is 0 Å². The van der Waals surface area contributed by atoms with Crippen LogP contribution in [0.3, 0.4) is 0 Å². The molecule has 4 heteroatoms. The molecule has 0 saturated carbocycles. The second kappa shape index (κ2) is 9.05. The number of nitrogens with one attached hydrogen (secondary N) is 2. The molecule has 0 radical (unpaired) electrons. The molecule has 2 N–H and O–H groups in total. The third-order valence-corrected chi connectivity index (χ3v) is 6.20. The number of nitrogens with zero attached hydrogens (tertiary/aromatic N) is 1. The molecule has 1 fully saturated rings. The SMILES string of the molecule is Cc1ccc(-c2ccc3c(CC(=O)NCCN4CC(C)CC(C)C4)c[nH]c3c2)cc1. The molecule has 4 rings (SSSR count). The summed E-state index contributed by atoms with van der Waals surface area (Å²) in [5, 5.41) is 4.24. The molecular weight excluding hydrogens is 370 g/mol. The number of piperidine rings is 1. The zero-order chi connectivity index (χ0) is 21.1. The fourth-order valence-electron chi connectivity index (χ4n) is 4.82. The Hall–Kier alpha value is -2.59. The highest BCUT2D eigenvalue weighted by molar-refractivity contribution is 5.91. The molecule has 4 nitrogen and oxygen atoms in total. The van der Waals surface area contributed by atoms with Crippen molar-refractivity contribution in [2.24, 2.45) is 11.8 Å². The van der Waals surface area contributed by atoms with E-state index < -0.39 is 0 Å². The number of benzene rings is 2. The first-order valence-corrected chi connectivity index (χ1v) is 11.1. The van der Waals surface area contributed by atoms with E-state index in [0.29, 0.717) is 6.42 Å². The molecule has 158 valence electrons. The maximum absolute atomic E-state index is 12.5. The second-order valence-electron chi connectivity index (χ2n) is 9.17. The Balaban J connectivity index is 1.34. The van der Waals surface area contributed by atoms with Gasteiger partial charge in [-0.2, -0.15) is 0 Å². The van der Waals surface area contributed by atoms with E-state index in [1.807, 2.05) is 6.20 Å². The zero-order valence-electron chi connectivity index (χ0n) is 18.4. The average Bonchev–Trinajstić information content (AvgIpc) is 3.10. The summed E-state index contributed by atoms with van der Waals surface area (Å²) in [5.41, 5.74) is 5.78. The third kappa shape index (κ3) is 4.93. The van der Waals surface area contributed by atoms with Gasteiger partial charge in [-0.3, -0.25) is 4.79 Å². The van der Waals surface area contributed by atoms with Gasteiger partial charge in [0.25, 0.3) is 0 Å². The van der Waals surface area contributed by atoms with Gasteiger partial charge in [-0.25, -0.2) is 0 Å². The fraction of sp³-hybridized carbons (Fsp3) is 0.423. The van der Waals surface area contributed by atoms with Crippen LogP contribution in [0.15, 0.2) is 48.7 Å². The highest BCUT2D eigenvalue weighted by Gasteiger charge is 2.21. The summed E-state index contributed by atoms with van der Waals surface area (Å²) in [4.78, 5) is 18.3. The Labute approximate surface area is 179 Å². The lowest BCUT2D eigenvalue weighted by Gasteiger charge is -2.34. The largest absolute Gasteiger partial charge is 0.361 e. The predicted octanol–water partition coefficient (Wildman–Crippen LogP) is 4.78. The minimum atomic E-state index is 0.0941. The van der Waals surface area contributed by atoms with Gasteiger partial charge < -0.3 is 15.2 Å². The minimum Gasteiger partial charge on any atom is -0.361 e. The number of hydrogen-bond acceptors (Lipinski definition) is 2. The number of H-pyrrole nitrogens is 1. The van der Waals surface area contributed by atoms with E-state index in [0.717, 1.165) is 54.5 Å². The van der Waals surface area contributed by atoms with E-state index in [-0.39, 0.29) is 5.91 Å². The number of aromatic amines is 1. The molecule has 2 atom stereocenters. The second-order valence-corrected chi connectivity index (χ2v) is 9.17. The van der Waals surface area contributed by atoms with Crippen LogP contribution in [0.4, 0.5) is 0 Å². The Morgan fingerprint density at radius 2 is 1.77 bits per heavy atom. The van der Waals surface area contributed by atoms with Gasteiger partial charge in [-0.05, 0) is 47.9 Å². The summed E-state index contributed by atoms with van der Waals surface area (Å²) in [6, 6.07) is 15.0. The first-order valence-electron chi connectivity index (χ1n) is 11.1. The standard InChI is InChI=1S/C26H33N3O/c1-18-4-6-21(7-5-18)22-8-9-24-23(15-28-25(24)13-22)14-26(30)27-10-11-29-16-19(2)12-20(3)17-29/h4-9,13,15,19-20,28H,10-12,14,16-17H2,1-3H3,(H,27,30). The van der Waals surface area contributed by atoms with Gasteiger partial charge in [0.05, 0.1) is 6.42 Å². The first-order chi connectivity index (χ1) is 14.5. The number of rotatable bonds is 6. The summed E-state index contributed by atoms with van der Waals surface area (Å²) < 4.78 is 0. The van der Waals surface area contributed by atoms with Crippen molar-refractivity contribution in [3.05, 3.63) is 59.8 Å². The molecule has 0 spiro atoms. The lowest BCUT2D eigenvalue weighted by Crippen LogP contribution is -2.43. The van der Waals surface area contributed by atoms with Crippen molar-refractivity contribution in [3.8, 4) is 11.1 Å². The van der Waals surface area contributed by atoms with Crippen molar-refractivity contribution in [1.82, 2.24) is 15.2 Å². The molecular formula is C26H33N3O. The van der Waals surface area contributed by atoms with Gasteiger partial charge in [-0.1, -0.05) is 55.8 Å². The van der Waals surface area contributed by atoms with E-state index in [1.165, 1.54) is 23.1 Å². The van der Waals surface area contributed by atoms with Crippen molar-refractivity contribution in [1.29, 1.82) is 0 Å². The van der Waals surface area contributed by atoms with Crippen LogP contribution in [0.1, 0.15) is 31.4 Å². The third-order valence-electron chi connectivity index (χ3n) is 6.20. The van der Waals surface area contributed by atoms with Gasteiger partial charge >= 0.3 is 0 Å². The molecule has 3 aromatic rings. The molecule has 1 aliphatic heterocycles. The maximum atomic E-state index is 12.5. The zero-order valence-corrected chi connectivity index (χ0v) is 18.4. The van der Waals surface area contributed by atoms with Gasteiger partial charge in [0.1, 0.15) is 0 Å². The molecule has 2 unspecified atom stereocenters. The molecule has 2 aromatic carbocycles. The summed E-state index contributed by atoms with van der Waals surface area (Å²) in [6.07, 6.45) is 3.70. The monoisotopic (exact) mass is 403 g/mol. The number of aromatic nitrogens is 1. The maximum Gasteiger partial charge on any atom is 0.224 e. The molecule has 1 aliphatic rings. The number of carbonyl (C=O) groups is 1. The van der Waals surface area contributed by atoms with Crippen molar-refractivity contribution < 1.29 is 4.79 Å². The smallest absolute Gasteiger partial charge is 0.224 e. The predicted molar refractivity (Wildman–Crippen MR) is 125 cm³/mol. The summed E-state index contributed by atoms with van der Waals surface area (Å²) in [6.45, 7) is 10.7. The van der Waals surface area contributed by atoms with E-state index in [2.05, 4.69) is 78.4 Å². The summed E-state index contributed by atoms with van der Waals surface area (Å²) in [5.74, 6) is 1.59. The number of hydrogen-bond donors (Lipinski definition) is 2. The number of carbonyl (C=O) groups excluding carboxylic acids is 1. The van der Waals surface area contributed by atoms with Gasteiger partial charge in [0.2, 0.25) is 5.91 Å². The van der Waals surface area contributed by atoms with E-state index >= 15 is 0 Å². The molecule has 1 amide bonds. The first kappa shape index (κ1) is 20.7. The van der Waals surface area contributed by atoms with Crippen molar-refractivity contribution in [3.63, 3.8) is 0 Å². The number of aryl methyl sites for hydroxylation is 1. The highest BCUT2D eigenvalue weighted by atomic mass is 16.1. The lowest BCUT2D eigenvalue weighted by atomic mass is 9.92. The number of fused-ring (bicyclic) bond motifs is 1. The van der Waals surface area contributed by atoms with Crippen molar-refractivity contribution >= 4 is 16.8 Å². The minimum absolute atomic E-state index is 0.0941. The van der Waals surface area contributed by atoms with Crippen LogP contribution >= 0.6 is 0 Å². The van der Waals surface area contributed by atoms with E-state index in [9.17, 15) is 4.79 Å². The summed E-state index contributed by atoms with van der Waals surface area (Å²) in [7, 11) is 0. The molecule has 2 heterocycles. The van der Waals surface area contributed by atoms with Crippen molar-refractivity contribution in [2.75, 3.05) is 26.2 Å². The van der Waals surface area contributed by atoms with Gasteiger partial charge in [-0.15, -0.1) is 0 Å². The van der Waals surface area contributed by atoms with Crippen LogP contribution in [0, 0.1) is 18.8 Å². The Morgan fingerprint density at radius 3 is 2.50 bits per heavy atom. The normalized spacial score (nSPS) is 19.8. The molecule has 0 aliphatic carbocycles. The van der Waals surface area contributed by atoms with Crippen LogP contribution in [0.5, 0.6) is 0 Å². The van der Waals surface area contributed by atoms with E-state index in [4.69, 9.17) is 0 Å². The van der Waals surface area contributed by atoms with Gasteiger partial charge in [0.15, 0.2) is 0 Å². The highest BCUT2D eigenvalue weighted by Crippen LogP contribution is 2.26. The Kier molecular flexibility index (Phi) is 6.24. The van der Waals surface area contributed by atoms with Crippen LogP contribution < -0.4 is 5.32 Å². The average molecular weight is 404 g/mol. The van der Waals surface area contributed by atoms with E-state index in [1.54, 1.807) is 0 Å². The molecule has 30 heavy (non-hydrogen) atoms. The number of likely N-dealkylation sites (tertiary alicyclic amines) is 1. The number of amides is 1. The summed E-state index contributed by atoms with van der Waals surface area (Å²) >= 11 is 0. The Bertz CT molecular complexity index is 995. The lowest BCUT2D eigenvalue weighted by molar-refractivity contribution is -0.120. The molecule has 1 saturated heterocycles. The van der Waals surface area contributed by atoms with Crippen LogP contribution in [-0.2, 0) is 11.2 Å². The van der Waals surface area contributed by atoms with Gasteiger partial charge in [0, 0.05) is 43.3 Å². The topological polar surface area (TPSA) is 48.1 Å². The van der Waals surface area contributed by atoms with Crippen LogP contribution in [0.25, 0.3) is 22.0 Å². The molecule has 0 bridgehead atoms. The fourth-order valence-corrected chi connectivity index (χ4v) is 4.82. The van der Waals surface area contributed by atoms with Crippen LogP contribution in [-0.4, -0.2) is 42.0 Å². The molecule has 1 aromatic heterocycles. The Morgan fingerprint density at radius 1 is 1.07 bits per heavy atom. The van der Waals surface area contributed by atoms with Crippen molar-refractivity contribution in [2.45, 2.75) is 33.6 Å². The quantitative estimate of drug-likeness (QED) is 0.622.